The number of hydrogen-bond acceptors (Lipinski definition) is 4. The quantitative estimate of drug-likeness (QED) is 0.646. The molecule has 0 bridgehead atoms. The van der Waals surface area contributed by atoms with Crippen molar-refractivity contribution in [2.24, 2.45) is 5.92 Å². The van der Waals surface area contributed by atoms with Gasteiger partial charge in [0.15, 0.2) is 0 Å². The maximum atomic E-state index is 13.2. The molecule has 1 amide bonds. The normalized spacial score (nSPS) is 22.0. The number of amides is 1. The van der Waals surface area contributed by atoms with Gasteiger partial charge in [0.25, 0.3) is 0 Å². The molecule has 5 rings (SSSR count). The Morgan fingerprint density at radius 2 is 1.90 bits per heavy atom. The number of aromatic nitrogens is 4. The van der Waals surface area contributed by atoms with Crippen LogP contribution in [-0.4, -0.2) is 55.9 Å². The van der Waals surface area contributed by atoms with Crippen LogP contribution in [0.3, 0.4) is 0 Å². The summed E-state index contributed by atoms with van der Waals surface area (Å²) in [6, 6.07) is 8.09. The molecule has 2 unspecified atom stereocenters. The SMILES string of the molecule is COCCn1c2ccccc2n2c(=O)n(CC(=O)N3CCCC4CCCCC43)nc12. The molecule has 2 aliphatic rings. The van der Waals surface area contributed by atoms with Gasteiger partial charge in [-0.3, -0.25) is 4.79 Å². The largest absolute Gasteiger partial charge is 0.383 e. The van der Waals surface area contributed by atoms with Crippen molar-refractivity contribution in [3.8, 4) is 0 Å². The molecule has 1 aliphatic carbocycles. The molecule has 1 aromatic carbocycles. The lowest BCUT2D eigenvalue weighted by atomic mass is 9.78. The molecule has 0 N–H and O–H groups in total. The molecule has 30 heavy (non-hydrogen) atoms. The standard InChI is InChI=1S/C22H29N5O3/c1-30-14-13-25-18-10-4-5-11-19(18)27-21(25)23-26(22(27)29)15-20(28)24-12-6-8-16-7-2-3-9-17(16)24/h4-5,10-11,16-17H,2-3,6-9,12-15H2,1H3. The van der Waals surface area contributed by atoms with Crippen molar-refractivity contribution in [1.29, 1.82) is 0 Å². The first-order chi connectivity index (χ1) is 14.7. The predicted molar refractivity (Wildman–Crippen MR) is 114 cm³/mol. The number of fused-ring (bicyclic) bond motifs is 4. The lowest BCUT2D eigenvalue weighted by molar-refractivity contribution is -0.138. The van der Waals surface area contributed by atoms with Gasteiger partial charge in [-0.05, 0) is 43.7 Å². The Hall–Kier alpha value is -2.61. The summed E-state index contributed by atoms with van der Waals surface area (Å²) in [4.78, 5) is 28.4. The summed E-state index contributed by atoms with van der Waals surface area (Å²) in [5.74, 6) is 1.19. The molecule has 0 radical (unpaired) electrons. The molecule has 2 atom stereocenters. The first-order valence-electron chi connectivity index (χ1n) is 11.0. The van der Waals surface area contributed by atoms with Gasteiger partial charge in [-0.15, -0.1) is 5.10 Å². The third-order valence-electron chi connectivity index (χ3n) is 6.84. The van der Waals surface area contributed by atoms with Gasteiger partial charge in [0, 0.05) is 26.2 Å². The van der Waals surface area contributed by atoms with Crippen molar-refractivity contribution >= 4 is 22.7 Å². The van der Waals surface area contributed by atoms with Crippen LogP contribution >= 0.6 is 0 Å². The second kappa shape index (κ2) is 7.91. The molecule has 3 heterocycles. The fraction of sp³-hybridized carbons (Fsp3) is 0.591. The summed E-state index contributed by atoms with van der Waals surface area (Å²) in [6.07, 6.45) is 7.04. The Morgan fingerprint density at radius 1 is 1.13 bits per heavy atom. The fourth-order valence-corrected chi connectivity index (χ4v) is 5.43. The molecule has 160 valence electrons. The van der Waals surface area contributed by atoms with Crippen molar-refractivity contribution in [3.63, 3.8) is 0 Å². The zero-order valence-electron chi connectivity index (χ0n) is 17.5. The molecule has 0 spiro atoms. The van der Waals surface area contributed by atoms with Crippen LogP contribution in [0.4, 0.5) is 0 Å². The van der Waals surface area contributed by atoms with Gasteiger partial charge in [0.2, 0.25) is 11.7 Å². The average Bonchev–Trinajstić information content (AvgIpc) is 3.26. The third-order valence-corrected chi connectivity index (χ3v) is 6.84. The zero-order valence-corrected chi connectivity index (χ0v) is 17.5. The Kier molecular flexibility index (Phi) is 5.10. The fourth-order valence-electron chi connectivity index (χ4n) is 5.43. The number of carbonyl (C=O) groups excluding carboxylic acids is 1. The van der Waals surface area contributed by atoms with Gasteiger partial charge < -0.3 is 14.2 Å². The van der Waals surface area contributed by atoms with E-state index in [2.05, 4.69) is 5.10 Å². The maximum Gasteiger partial charge on any atom is 0.352 e. The topological polar surface area (TPSA) is 73.8 Å². The first-order valence-corrected chi connectivity index (χ1v) is 11.0. The number of piperidine rings is 1. The predicted octanol–water partition coefficient (Wildman–Crippen LogP) is 2.28. The van der Waals surface area contributed by atoms with Gasteiger partial charge >= 0.3 is 5.69 Å². The summed E-state index contributed by atoms with van der Waals surface area (Å²) in [5, 5.41) is 4.57. The van der Waals surface area contributed by atoms with Crippen molar-refractivity contribution in [3.05, 3.63) is 34.7 Å². The number of methoxy groups -OCH3 is 1. The number of likely N-dealkylation sites (tertiary alicyclic amines) is 1. The molecular formula is C22H29N5O3. The third kappa shape index (κ3) is 3.14. The number of hydrogen-bond donors (Lipinski definition) is 0. The van der Waals surface area contributed by atoms with Gasteiger partial charge in [-0.25, -0.2) is 13.9 Å². The van der Waals surface area contributed by atoms with Crippen molar-refractivity contribution in [2.75, 3.05) is 20.3 Å². The van der Waals surface area contributed by atoms with E-state index in [4.69, 9.17) is 4.74 Å². The van der Waals surface area contributed by atoms with E-state index in [1.807, 2.05) is 33.7 Å². The molecule has 3 aromatic rings. The monoisotopic (exact) mass is 411 g/mol. The van der Waals surface area contributed by atoms with E-state index < -0.39 is 0 Å². The van der Waals surface area contributed by atoms with Crippen LogP contribution in [0.1, 0.15) is 38.5 Å². The molecule has 8 heteroatoms. The van der Waals surface area contributed by atoms with Crippen molar-refractivity contribution in [2.45, 2.75) is 57.7 Å². The maximum absolute atomic E-state index is 13.2. The highest BCUT2D eigenvalue weighted by Gasteiger charge is 2.36. The number of nitrogens with zero attached hydrogens (tertiary/aromatic N) is 5. The number of imidazole rings is 1. The molecule has 1 saturated heterocycles. The molecular weight excluding hydrogens is 382 g/mol. The van der Waals surface area contributed by atoms with E-state index in [0.717, 1.165) is 30.4 Å². The van der Waals surface area contributed by atoms with Crippen LogP contribution in [0.5, 0.6) is 0 Å². The van der Waals surface area contributed by atoms with E-state index in [9.17, 15) is 9.59 Å². The zero-order chi connectivity index (χ0) is 20.7. The Morgan fingerprint density at radius 3 is 2.73 bits per heavy atom. The summed E-state index contributed by atoms with van der Waals surface area (Å²) in [6.45, 7) is 1.91. The minimum absolute atomic E-state index is 0.00232. The van der Waals surface area contributed by atoms with Gasteiger partial charge in [0.1, 0.15) is 6.54 Å². The van der Waals surface area contributed by atoms with Crippen LogP contribution in [-0.2, 0) is 22.6 Å². The minimum Gasteiger partial charge on any atom is -0.383 e. The van der Waals surface area contributed by atoms with E-state index in [0.29, 0.717) is 30.9 Å². The highest BCUT2D eigenvalue weighted by molar-refractivity contribution is 5.81. The van der Waals surface area contributed by atoms with E-state index in [-0.39, 0.29) is 18.1 Å². The van der Waals surface area contributed by atoms with E-state index >= 15 is 0 Å². The van der Waals surface area contributed by atoms with E-state index in [1.165, 1.54) is 30.4 Å². The molecule has 8 nitrogen and oxygen atoms in total. The summed E-state index contributed by atoms with van der Waals surface area (Å²) in [7, 11) is 1.66. The minimum atomic E-state index is -0.261. The number of carbonyl (C=O) groups is 1. The lowest BCUT2D eigenvalue weighted by Gasteiger charge is -2.44. The summed E-state index contributed by atoms with van der Waals surface area (Å²) >= 11 is 0. The van der Waals surface area contributed by atoms with Crippen LogP contribution in [0.25, 0.3) is 16.8 Å². The summed E-state index contributed by atoms with van der Waals surface area (Å²) in [5.41, 5.74) is 1.48. The number of rotatable bonds is 5. The highest BCUT2D eigenvalue weighted by Crippen LogP contribution is 2.35. The number of ether oxygens (including phenoxy) is 1. The highest BCUT2D eigenvalue weighted by atomic mass is 16.5. The number of para-hydroxylation sites is 2. The van der Waals surface area contributed by atoms with Crippen LogP contribution in [0.15, 0.2) is 29.1 Å². The Labute approximate surface area is 175 Å². The van der Waals surface area contributed by atoms with Gasteiger partial charge in [0.05, 0.1) is 17.6 Å². The Bertz CT molecular complexity index is 1130. The average molecular weight is 412 g/mol. The second-order valence-electron chi connectivity index (χ2n) is 8.55. The number of benzene rings is 1. The van der Waals surface area contributed by atoms with Crippen molar-refractivity contribution in [1.82, 2.24) is 23.6 Å². The van der Waals surface area contributed by atoms with Crippen LogP contribution < -0.4 is 5.69 Å². The van der Waals surface area contributed by atoms with Crippen LogP contribution in [0.2, 0.25) is 0 Å². The van der Waals surface area contributed by atoms with Crippen LogP contribution in [0, 0.1) is 5.92 Å². The van der Waals surface area contributed by atoms with Gasteiger partial charge in [-0.1, -0.05) is 25.0 Å². The lowest BCUT2D eigenvalue weighted by Crippen LogP contribution is -2.51. The molecule has 2 aromatic heterocycles. The Balaban J connectivity index is 1.48. The molecule has 1 aliphatic heterocycles. The molecule has 1 saturated carbocycles. The second-order valence-corrected chi connectivity index (χ2v) is 8.55. The van der Waals surface area contributed by atoms with Crippen molar-refractivity contribution < 1.29 is 9.53 Å². The smallest absolute Gasteiger partial charge is 0.352 e. The summed E-state index contributed by atoms with van der Waals surface area (Å²) < 4.78 is 10.2. The first kappa shape index (κ1) is 19.4. The molecule has 2 fully saturated rings. The van der Waals surface area contributed by atoms with E-state index in [1.54, 1.807) is 11.5 Å². The van der Waals surface area contributed by atoms with Gasteiger partial charge in [-0.2, -0.15) is 0 Å².